The van der Waals surface area contributed by atoms with Crippen LogP contribution in [0.15, 0.2) is 0 Å². The molecule has 0 bridgehead atoms. The zero-order valence-corrected chi connectivity index (χ0v) is 10.5. The first-order valence-electron chi connectivity index (χ1n) is 7.07. The fourth-order valence-corrected chi connectivity index (χ4v) is 3.14. The number of rotatable bonds is 6. The third-order valence-electron chi connectivity index (χ3n) is 4.39. The highest BCUT2D eigenvalue weighted by molar-refractivity contribution is 4.90. The lowest BCUT2D eigenvalue weighted by atomic mass is 9.96. The highest BCUT2D eigenvalue weighted by atomic mass is 15.0. The summed E-state index contributed by atoms with van der Waals surface area (Å²) in [6, 6.07) is 1.64. The second kappa shape index (κ2) is 5.34. The number of hydrogen-bond acceptors (Lipinski definition) is 1. The molecule has 1 heteroatoms. The molecule has 0 aromatic heterocycles. The van der Waals surface area contributed by atoms with Gasteiger partial charge in [0.05, 0.1) is 0 Å². The molecule has 2 aliphatic rings. The SMILES string of the molecule is CCCCC1CCCC1NC(C)C1CC1. The lowest BCUT2D eigenvalue weighted by Gasteiger charge is -2.25. The maximum absolute atomic E-state index is 3.90. The summed E-state index contributed by atoms with van der Waals surface area (Å²) in [5.74, 6) is 2.00. The van der Waals surface area contributed by atoms with E-state index < -0.39 is 0 Å². The van der Waals surface area contributed by atoms with Crippen molar-refractivity contribution in [3.05, 3.63) is 0 Å². The summed E-state index contributed by atoms with van der Waals surface area (Å²) in [4.78, 5) is 0. The zero-order chi connectivity index (χ0) is 10.7. The molecule has 2 fully saturated rings. The van der Waals surface area contributed by atoms with Crippen molar-refractivity contribution in [3.63, 3.8) is 0 Å². The second-order valence-electron chi connectivity index (χ2n) is 5.73. The molecule has 2 aliphatic carbocycles. The van der Waals surface area contributed by atoms with Gasteiger partial charge in [0.25, 0.3) is 0 Å². The van der Waals surface area contributed by atoms with Crippen LogP contribution in [0.5, 0.6) is 0 Å². The van der Waals surface area contributed by atoms with Gasteiger partial charge in [0.15, 0.2) is 0 Å². The molecule has 15 heavy (non-hydrogen) atoms. The quantitative estimate of drug-likeness (QED) is 0.703. The average molecular weight is 209 g/mol. The first kappa shape index (κ1) is 11.4. The van der Waals surface area contributed by atoms with Crippen molar-refractivity contribution in [2.75, 3.05) is 0 Å². The summed E-state index contributed by atoms with van der Waals surface area (Å²) in [6.45, 7) is 4.71. The van der Waals surface area contributed by atoms with Crippen molar-refractivity contribution < 1.29 is 0 Å². The monoisotopic (exact) mass is 209 g/mol. The van der Waals surface area contributed by atoms with E-state index in [1.165, 1.54) is 51.4 Å². The third-order valence-corrected chi connectivity index (χ3v) is 4.39. The molecule has 2 saturated carbocycles. The molecule has 0 amide bonds. The van der Waals surface area contributed by atoms with Crippen molar-refractivity contribution in [2.45, 2.75) is 77.3 Å². The van der Waals surface area contributed by atoms with Crippen molar-refractivity contribution in [2.24, 2.45) is 11.8 Å². The minimum Gasteiger partial charge on any atom is -0.311 e. The molecule has 0 aliphatic heterocycles. The molecule has 0 radical (unpaired) electrons. The molecule has 0 aromatic rings. The summed E-state index contributed by atoms with van der Waals surface area (Å²) in [5, 5.41) is 3.90. The molecule has 3 unspecified atom stereocenters. The minimum absolute atomic E-state index is 0.789. The maximum atomic E-state index is 3.90. The first-order valence-corrected chi connectivity index (χ1v) is 7.07. The highest BCUT2D eigenvalue weighted by Crippen LogP contribution is 2.35. The van der Waals surface area contributed by atoms with Crippen molar-refractivity contribution in [1.82, 2.24) is 5.32 Å². The van der Waals surface area contributed by atoms with Gasteiger partial charge in [-0.25, -0.2) is 0 Å². The molecule has 1 nitrogen and oxygen atoms in total. The lowest BCUT2D eigenvalue weighted by Crippen LogP contribution is -2.39. The van der Waals surface area contributed by atoms with E-state index in [4.69, 9.17) is 0 Å². The van der Waals surface area contributed by atoms with Crippen LogP contribution < -0.4 is 5.32 Å². The summed E-state index contributed by atoms with van der Waals surface area (Å²) in [7, 11) is 0. The first-order chi connectivity index (χ1) is 7.31. The Labute approximate surface area is 95.0 Å². The van der Waals surface area contributed by atoms with E-state index >= 15 is 0 Å². The fraction of sp³-hybridized carbons (Fsp3) is 1.00. The van der Waals surface area contributed by atoms with Crippen LogP contribution in [0.2, 0.25) is 0 Å². The normalized spacial score (nSPS) is 33.2. The molecular weight excluding hydrogens is 182 g/mol. The van der Waals surface area contributed by atoms with Gasteiger partial charge in [-0.05, 0) is 50.9 Å². The third kappa shape index (κ3) is 3.21. The van der Waals surface area contributed by atoms with E-state index in [2.05, 4.69) is 19.2 Å². The Bertz CT molecular complexity index is 186. The molecule has 1 N–H and O–H groups in total. The Morgan fingerprint density at radius 1 is 1.20 bits per heavy atom. The summed E-state index contributed by atoms with van der Waals surface area (Å²) >= 11 is 0. The Morgan fingerprint density at radius 3 is 2.67 bits per heavy atom. The van der Waals surface area contributed by atoms with Gasteiger partial charge >= 0.3 is 0 Å². The van der Waals surface area contributed by atoms with E-state index in [0.29, 0.717) is 0 Å². The van der Waals surface area contributed by atoms with E-state index in [1.807, 2.05) is 0 Å². The lowest BCUT2D eigenvalue weighted by molar-refractivity contribution is 0.328. The smallest absolute Gasteiger partial charge is 0.00979 e. The van der Waals surface area contributed by atoms with Crippen LogP contribution in [-0.4, -0.2) is 12.1 Å². The number of hydrogen-bond donors (Lipinski definition) is 1. The Morgan fingerprint density at radius 2 is 2.00 bits per heavy atom. The van der Waals surface area contributed by atoms with Gasteiger partial charge in [0, 0.05) is 12.1 Å². The van der Waals surface area contributed by atoms with Gasteiger partial charge in [0.1, 0.15) is 0 Å². The summed E-state index contributed by atoms with van der Waals surface area (Å²) in [6.07, 6.45) is 11.6. The largest absolute Gasteiger partial charge is 0.311 e. The summed E-state index contributed by atoms with van der Waals surface area (Å²) in [5.41, 5.74) is 0. The predicted octanol–water partition coefficient (Wildman–Crippen LogP) is 3.73. The van der Waals surface area contributed by atoms with Gasteiger partial charge in [-0.3, -0.25) is 0 Å². The van der Waals surface area contributed by atoms with Crippen LogP contribution >= 0.6 is 0 Å². The second-order valence-corrected chi connectivity index (χ2v) is 5.73. The predicted molar refractivity (Wildman–Crippen MR) is 66.0 cm³/mol. The maximum Gasteiger partial charge on any atom is 0.00979 e. The molecule has 0 spiro atoms. The standard InChI is InChI=1S/C14H27N/c1-3-4-6-13-7-5-8-14(13)15-11(2)12-9-10-12/h11-15H,3-10H2,1-2H3. The van der Waals surface area contributed by atoms with Crippen molar-refractivity contribution in [3.8, 4) is 0 Å². The van der Waals surface area contributed by atoms with Crippen LogP contribution in [-0.2, 0) is 0 Å². The van der Waals surface area contributed by atoms with Crippen LogP contribution in [0.1, 0.15) is 65.2 Å². The molecule has 0 saturated heterocycles. The van der Waals surface area contributed by atoms with Crippen LogP contribution in [0.4, 0.5) is 0 Å². The van der Waals surface area contributed by atoms with Gasteiger partial charge in [-0.2, -0.15) is 0 Å². The zero-order valence-electron chi connectivity index (χ0n) is 10.5. The molecule has 0 heterocycles. The highest BCUT2D eigenvalue weighted by Gasteiger charge is 2.33. The molecule has 2 rings (SSSR count). The average Bonchev–Trinajstić information content (AvgIpc) is 2.99. The number of unbranched alkanes of at least 4 members (excludes halogenated alkanes) is 1. The Kier molecular flexibility index (Phi) is 4.07. The van der Waals surface area contributed by atoms with E-state index in [1.54, 1.807) is 0 Å². The van der Waals surface area contributed by atoms with Gasteiger partial charge in [-0.15, -0.1) is 0 Å². The van der Waals surface area contributed by atoms with Gasteiger partial charge in [-0.1, -0.05) is 26.2 Å². The molecule has 0 aromatic carbocycles. The summed E-state index contributed by atoms with van der Waals surface area (Å²) < 4.78 is 0. The Balaban J connectivity index is 1.73. The molecular formula is C14H27N. The van der Waals surface area contributed by atoms with E-state index in [9.17, 15) is 0 Å². The molecule has 3 atom stereocenters. The Hall–Kier alpha value is -0.0400. The molecule has 88 valence electrons. The van der Waals surface area contributed by atoms with Crippen molar-refractivity contribution in [1.29, 1.82) is 0 Å². The number of nitrogens with one attached hydrogen (secondary N) is 1. The van der Waals surface area contributed by atoms with Crippen LogP contribution in [0.25, 0.3) is 0 Å². The van der Waals surface area contributed by atoms with Gasteiger partial charge < -0.3 is 5.32 Å². The van der Waals surface area contributed by atoms with Gasteiger partial charge in [0.2, 0.25) is 0 Å². The topological polar surface area (TPSA) is 12.0 Å². The van der Waals surface area contributed by atoms with Crippen molar-refractivity contribution >= 4 is 0 Å². The fourth-order valence-electron chi connectivity index (χ4n) is 3.14. The minimum atomic E-state index is 0.789. The van der Waals surface area contributed by atoms with E-state index in [-0.39, 0.29) is 0 Å². The van der Waals surface area contributed by atoms with Crippen LogP contribution in [0, 0.1) is 11.8 Å². The van der Waals surface area contributed by atoms with E-state index in [0.717, 1.165) is 23.9 Å². The van der Waals surface area contributed by atoms with Crippen LogP contribution in [0.3, 0.4) is 0 Å².